The number of likely N-dealkylation sites (tertiary alicyclic amines) is 1. The van der Waals surface area contributed by atoms with Gasteiger partial charge in [-0.2, -0.15) is 0 Å². The minimum Gasteiger partial charge on any atom is -0.496 e. The van der Waals surface area contributed by atoms with E-state index in [1.165, 1.54) is 19.2 Å². The average Bonchev–Trinajstić information content (AvgIpc) is 3.23. The summed E-state index contributed by atoms with van der Waals surface area (Å²) in [5.74, 6) is -3.03. The van der Waals surface area contributed by atoms with Gasteiger partial charge in [0.2, 0.25) is 0 Å². The molecule has 1 fully saturated rings. The number of aliphatic carboxylic acids is 1. The monoisotopic (exact) mass is 437 g/mol. The molecule has 164 valence electrons. The van der Waals surface area contributed by atoms with E-state index in [2.05, 4.69) is 0 Å². The number of halogens is 2. The highest BCUT2D eigenvalue weighted by Crippen LogP contribution is 2.40. The van der Waals surface area contributed by atoms with Crippen molar-refractivity contribution in [1.82, 2.24) is 4.90 Å². The van der Waals surface area contributed by atoms with Crippen molar-refractivity contribution in [3.8, 4) is 16.9 Å². The van der Waals surface area contributed by atoms with Gasteiger partial charge in [-0.1, -0.05) is 36.4 Å². The minimum atomic E-state index is -1.22. The van der Waals surface area contributed by atoms with Crippen LogP contribution in [0.1, 0.15) is 34.8 Å². The van der Waals surface area contributed by atoms with Crippen molar-refractivity contribution < 1.29 is 28.2 Å². The Kier molecular flexibility index (Phi) is 5.90. The Morgan fingerprint density at radius 3 is 2.28 bits per heavy atom. The molecule has 0 aliphatic carbocycles. The quantitative estimate of drug-likeness (QED) is 0.605. The molecule has 1 aliphatic rings. The Labute approximate surface area is 183 Å². The fraction of sp³-hybridized carbons (Fsp3) is 0.200. The summed E-state index contributed by atoms with van der Waals surface area (Å²) in [6.45, 7) is 0. The van der Waals surface area contributed by atoms with Crippen molar-refractivity contribution in [3.05, 3.63) is 89.5 Å². The van der Waals surface area contributed by atoms with Crippen molar-refractivity contribution in [3.63, 3.8) is 0 Å². The first-order chi connectivity index (χ1) is 15.4. The van der Waals surface area contributed by atoms with Crippen LogP contribution in [0.3, 0.4) is 0 Å². The fourth-order valence-corrected chi connectivity index (χ4v) is 4.28. The number of carbonyl (C=O) groups excluding carboxylic acids is 1. The molecule has 7 heteroatoms. The molecule has 1 saturated heterocycles. The molecule has 0 radical (unpaired) electrons. The summed E-state index contributed by atoms with van der Waals surface area (Å²) < 4.78 is 34.4. The largest absolute Gasteiger partial charge is 0.496 e. The number of ether oxygens (including phenoxy) is 1. The molecule has 0 saturated carbocycles. The SMILES string of the molecule is COc1cc(C(=O)N2[C@@H](c3c(F)cccc3F)CC[C@H]2C(=O)O)ccc1-c1ccccc1. The lowest BCUT2D eigenvalue weighted by molar-refractivity contribution is -0.141. The van der Waals surface area contributed by atoms with E-state index in [0.717, 1.165) is 28.2 Å². The Balaban J connectivity index is 1.76. The van der Waals surface area contributed by atoms with E-state index in [-0.39, 0.29) is 24.0 Å². The molecule has 0 spiro atoms. The summed E-state index contributed by atoms with van der Waals surface area (Å²) in [6.07, 6.45) is 0.235. The minimum absolute atomic E-state index is 0.0960. The van der Waals surface area contributed by atoms with Gasteiger partial charge in [-0.05, 0) is 48.7 Å². The summed E-state index contributed by atoms with van der Waals surface area (Å²) in [4.78, 5) is 26.4. The first-order valence-corrected chi connectivity index (χ1v) is 10.1. The molecule has 4 rings (SSSR count). The second-order valence-electron chi connectivity index (χ2n) is 7.58. The highest BCUT2D eigenvalue weighted by Gasteiger charge is 2.44. The maximum absolute atomic E-state index is 14.5. The number of hydrogen-bond donors (Lipinski definition) is 1. The Morgan fingerprint density at radius 1 is 0.969 bits per heavy atom. The summed E-state index contributed by atoms with van der Waals surface area (Å²) in [5, 5.41) is 9.67. The van der Waals surface area contributed by atoms with E-state index in [4.69, 9.17) is 4.74 Å². The molecule has 3 aromatic rings. The van der Waals surface area contributed by atoms with Crippen molar-refractivity contribution in [2.24, 2.45) is 0 Å². The number of hydrogen-bond acceptors (Lipinski definition) is 3. The Hall–Kier alpha value is -3.74. The van der Waals surface area contributed by atoms with Crippen molar-refractivity contribution in [2.45, 2.75) is 24.9 Å². The van der Waals surface area contributed by atoms with Gasteiger partial charge in [-0.15, -0.1) is 0 Å². The van der Waals surface area contributed by atoms with Crippen molar-refractivity contribution >= 4 is 11.9 Å². The van der Waals surface area contributed by atoms with Crippen LogP contribution < -0.4 is 4.74 Å². The van der Waals surface area contributed by atoms with Crippen LogP contribution >= 0.6 is 0 Å². The number of carbonyl (C=O) groups is 2. The molecule has 1 amide bonds. The molecule has 2 atom stereocenters. The third-order valence-electron chi connectivity index (χ3n) is 5.77. The van der Waals surface area contributed by atoms with Crippen LogP contribution in [0.4, 0.5) is 8.78 Å². The fourth-order valence-electron chi connectivity index (χ4n) is 4.28. The van der Waals surface area contributed by atoms with Gasteiger partial charge in [-0.3, -0.25) is 4.79 Å². The highest BCUT2D eigenvalue weighted by molar-refractivity contribution is 5.98. The molecule has 5 nitrogen and oxygen atoms in total. The van der Waals surface area contributed by atoms with E-state index in [1.807, 2.05) is 30.3 Å². The normalized spacial score (nSPS) is 17.9. The maximum atomic E-state index is 14.5. The molecule has 1 aliphatic heterocycles. The van der Waals surface area contributed by atoms with Gasteiger partial charge in [-0.25, -0.2) is 13.6 Å². The maximum Gasteiger partial charge on any atom is 0.326 e. The highest BCUT2D eigenvalue weighted by atomic mass is 19.1. The van der Waals surface area contributed by atoms with E-state index < -0.39 is 35.6 Å². The summed E-state index contributed by atoms with van der Waals surface area (Å²) in [6, 6.07) is 15.5. The first-order valence-electron chi connectivity index (χ1n) is 10.1. The van der Waals surface area contributed by atoms with E-state index in [0.29, 0.717) is 5.75 Å². The third kappa shape index (κ3) is 3.82. The van der Waals surface area contributed by atoms with Gasteiger partial charge < -0.3 is 14.7 Å². The topological polar surface area (TPSA) is 66.8 Å². The molecule has 0 unspecified atom stereocenters. The predicted octanol–water partition coefficient (Wildman–Crippen LogP) is 5.07. The van der Waals surface area contributed by atoms with Crippen LogP contribution in [0.2, 0.25) is 0 Å². The number of benzene rings is 3. The van der Waals surface area contributed by atoms with Gasteiger partial charge in [0.25, 0.3) is 5.91 Å². The number of rotatable bonds is 5. The molecule has 32 heavy (non-hydrogen) atoms. The van der Waals surface area contributed by atoms with Gasteiger partial charge in [0.05, 0.1) is 13.2 Å². The molecule has 0 bridgehead atoms. The first kappa shape index (κ1) is 21.5. The number of amides is 1. The summed E-state index contributed by atoms with van der Waals surface area (Å²) in [7, 11) is 1.48. The lowest BCUT2D eigenvalue weighted by Crippen LogP contribution is -2.42. The molecular formula is C25H21F2NO4. The van der Waals surface area contributed by atoms with E-state index >= 15 is 0 Å². The standard InChI is InChI=1S/C25H21F2NO4/c1-32-22-14-16(10-11-17(22)15-6-3-2-4-7-15)24(29)28-20(12-13-21(28)25(30)31)23-18(26)8-5-9-19(23)27/h2-11,14,20-21H,12-13H2,1H3,(H,30,31)/t20-,21+/m1/s1. The summed E-state index contributed by atoms with van der Waals surface area (Å²) >= 11 is 0. The predicted molar refractivity (Wildman–Crippen MR) is 114 cm³/mol. The zero-order valence-corrected chi connectivity index (χ0v) is 17.3. The van der Waals surface area contributed by atoms with Crippen LogP contribution in [0.25, 0.3) is 11.1 Å². The number of nitrogens with zero attached hydrogens (tertiary/aromatic N) is 1. The molecule has 3 aromatic carbocycles. The third-order valence-corrected chi connectivity index (χ3v) is 5.77. The van der Waals surface area contributed by atoms with E-state index in [1.54, 1.807) is 12.1 Å². The van der Waals surface area contributed by atoms with Gasteiger partial charge in [0.15, 0.2) is 0 Å². The Bertz CT molecular complexity index is 1150. The van der Waals surface area contributed by atoms with Gasteiger partial charge in [0.1, 0.15) is 23.4 Å². The molecule has 1 N–H and O–H groups in total. The molecule has 0 aromatic heterocycles. The van der Waals surface area contributed by atoms with E-state index in [9.17, 15) is 23.5 Å². The van der Waals surface area contributed by atoms with Gasteiger partial charge >= 0.3 is 5.97 Å². The number of carboxylic acids is 1. The van der Waals surface area contributed by atoms with Crippen LogP contribution in [0, 0.1) is 11.6 Å². The molecular weight excluding hydrogens is 416 g/mol. The van der Waals surface area contributed by atoms with Crippen molar-refractivity contribution in [2.75, 3.05) is 7.11 Å². The Morgan fingerprint density at radius 2 is 1.66 bits per heavy atom. The van der Waals surface area contributed by atoms with Crippen LogP contribution in [0.5, 0.6) is 5.75 Å². The lowest BCUT2D eigenvalue weighted by atomic mass is 10.0. The molecule has 1 heterocycles. The zero-order chi connectivity index (χ0) is 22.8. The number of carboxylic acid groups (broad SMARTS) is 1. The van der Waals surface area contributed by atoms with Crippen molar-refractivity contribution in [1.29, 1.82) is 0 Å². The van der Waals surface area contributed by atoms with Crippen LogP contribution in [0.15, 0.2) is 66.7 Å². The van der Waals surface area contributed by atoms with Crippen LogP contribution in [-0.4, -0.2) is 35.0 Å². The van der Waals surface area contributed by atoms with Crippen LogP contribution in [-0.2, 0) is 4.79 Å². The average molecular weight is 437 g/mol. The smallest absolute Gasteiger partial charge is 0.326 e. The second-order valence-corrected chi connectivity index (χ2v) is 7.58. The lowest BCUT2D eigenvalue weighted by Gasteiger charge is -2.29. The number of methoxy groups -OCH3 is 1. The zero-order valence-electron chi connectivity index (χ0n) is 17.3. The van der Waals surface area contributed by atoms with Gasteiger partial charge in [0, 0.05) is 16.7 Å². The summed E-state index contributed by atoms with van der Waals surface area (Å²) in [5.41, 5.74) is 1.53. The second kappa shape index (κ2) is 8.78.